The molecule has 0 N–H and O–H groups in total. The highest BCUT2D eigenvalue weighted by atomic mass is 35.5. The zero-order valence-corrected chi connectivity index (χ0v) is 17.4. The van der Waals surface area contributed by atoms with Gasteiger partial charge in [-0.25, -0.2) is 0 Å². The third kappa shape index (κ3) is 3.68. The Hall–Kier alpha value is -3.20. The topological polar surface area (TPSA) is 25.8 Å². The van der Waals surface area contributed by atoms with Gasteiger partial charge in [0.05, 0.1) is 5.69 Å². The summed E-state index contributed by atoms with van der Waals surface area (Å²) in [7, 11) is 0. The third-order valence-electron chi connectivity index (χ3n) is 5.11. The van der Waals surface area contributed by atoms with Crippen molar-refractivity contribution in [3.8, 4) is 33.6 Å². The first-order chi connectivity index (χ1) is 14.7. The molecular formula is C26H16Cl2N2. The monoisotopic (exact) mass is 426 g/mol. The molecule has 144 valence electrons. The van der Waals surface area contributed by atoms with Gasteiger partial charge in [-0.3, -0.25) is 0 Å². The molecule has 0 unspecified atom stereocenters. The first-order valence-electron chi connectivity index (χ1n) is 9.56. The Kier molecular flexibility index (Phi) is 4.96. The highest BCUT2D eigenvalue weighted by Gasteiger charge is 2.13. The Morgan fingerprint density at radius 1 is 0.500 bits per heavy atom. The van der Waals surface area contributed by atoms with Crippen LogP contribution < -0.4 is 0 Å². The maximum Gasteiger partial charge on any atom is 0.101 e. The second-order valence-electron chi connectivity index (χ2n) is 7.07. The molecule has 0 aliphatic heterocycles. The van der Waals surface area contributed by atoms with E-state index in [2.05, 4.69) is 52.7 Å². The molecule has 1 aromatic heterocycles. The van der Waals surface area contributed by atoms with Crippen molar-refractivity contribution in [1.29, 1.82) is 0 Å². The van der Waals surface area contributed by atoms with E-state index in [9.17, 15) is 0 Å². The fourth-order valence-corrected chi connectivity index (χ4v) is 3.80. The maximum atomic E-state index is 6.09. The quantitative estimate of drug-likeness (QED) is 0.292. The lowest BCUT2D eigenvalue weighted by molar-refractivity contribution is 1.05. The Balaban J connectivity index is 1.72. The predicted octanol–water partition coefficient (Wildman–Crippen LogP) is 7.94. The molecule has 4 aromatic carbocycles. The summed E-state index contributed by atoms with van der Waals surface area (Å²) in [6.45, 7) is 0. The standard InChI is InChI=1S/C26H16Cl2N2/c27-22-11-7-18(8-12-22)25-16-24(21-6-5-17-3-1-2-4-20(17)15-21)26(30-29-25)19-9-13-23(28)14-10-19/h1-16H. The number of aromatic nitrogens is 2. The highest BCUT2D eigenvalue weighted by Crippen LogP contribution is 2.35. The molecular weight excluding hydrogens is 411 g/mol. The van der Waals surface area contributed by atoms with E-state index in [4.69, 9.17) is 23.2 Å². The van der Waals surface area contributed by atoms with E-state index < -0.39 is 0 Å². The normalized spacial score (nSPS) is 11.0. The minimum Gasteiger partial charge on any atom is -0.150 e. The summed E-state index contributed by atoms with van der Waals surface area (Å²) in [5.41, 5.74) is 5.66. The van der Waals surface area contributed by atoms with Crippen LogP contribution in [-0.4, -0.2) is 10.2 Å². The largest absolute Gasteiger partial charge is 0.150 e. The SMILES string of the molecule is Clc1ccc(-c2cc(-c3ccc4ccccc4c3)c(-c3ccc(Cl)cc3)nn2)cc1. The van der Waals surface area contributed by atoms with Crippen LogP contribution in [0.2, 0.25) is 10.0 Å². The molecule has 0 atom stereocenters. The highest BCUT2D eigenvalue weighted by molar-refractivity contribution is 6.30. The van der Waals surface area contributed by atoms with E-state index in [1.165, 1.54) is 10.8 Å². The van der Waals surface area contributed by atoms with Crippen molar-refractivity contribution in [2.45, 2.75) is 0 Å². The Bertz CT molecular complexity index is 1340. The molecule has 0 aliphatic carbocycles. The van der Waals surface area contributed by atoms with Crippen LogP contribution in [0, 0.1) is 0 Å². The van der Waals surface area contributed by atoms with Crippen LogP contribution >= 0.6 is 23.2 Å². The van der Waals surface area contributed by atoms with E-state index in [0.29, 0.717) is 10.0 Å². The summed E-state index contributed by atoms with van der Waals surface area (Å²) in [5.74, 6) is 0. The van der Waals surface area contributed by atoms with E-state index in [1.54, 1.807) is 0 Å². The predicted molar refractivity (Wildman–Crippen MR) is 126 cm³/mol. The lowest BCUT2D eigenvalue weighted by atomic mass is 9.96. The van der Waals surface area contributed by atoms with Gasteiger partial charge in [0.25, 0.3) is 0 Å². The van der Waals surface area contributed by atoms with Crippen LogP contribution in [0.25, 0.3) is 44.4 Å². The van der Waals surface area contributed by atoms with Crippen LogP contribution in [0.5, 0.6) is 0 Å². The Morgan fingerprint density at radius 2 is 1.10 bits per heavy atom. The van der Waals surface area contributed by atoms with E-state index in [0.717, 1.165) is 33.6 Å². The molecule has 0 saturated heterocycles. The zero-order valence-electron chi connectivity index (χ0n) is 15.9. The van der Waals surface area contributed by atoms with E-state index in [1.807, 2.05) is 54.6 Å². The summed E-state index contributed by atoms with van der Waals surface area (Å²) >= 11 is 12.1. The number of benzene rings is 4. The third-order valence-corrected chi connectivity index (χ3v) is 5.62. The van der Waals surface area contributed by atoms with Crippen LogP contribution in [0.3, 0.4) is 0 Å². The fraction of sp³-hybridized carbons (Fsp3) is 0. The van der Waals surface area contributed by atoms with Crippen molar-refractivity contribution in [2.75, 3.05) is 0 Å². The zero-order chi connectivity index (χ0) is 20.5. The van der Waals surface area contributed by atoms with Crippen LogP contribution in [0.4, 0.5) is 0 Å². The summed E-state index contributed by atoms with van der Waals surface area (Å²) in [5, 5.41) is 12.9. The Morgan fingerprint density at radius 3 is 1.80 bits per heavy atom. The number of hydrogen-bond donors (Lipinski definition) is 0. The van der Waals surface area contributed by atoms with Gasteiger partial charge in [0, 0.05) is 26.7 Å². The first-order valence-corrected chi connectivity index (χ1v) is 10.3. The molecule has 4 heteroatoms. The summed E-state index contributed by atoms with van der Waals surface area (Å²) in [6, 6.07) is 32.2. The molecule has 30 heavy (non-hydrogen) atoms. The number of rotatable bonds is 3. The molecule has 0 bridgehead atoms. The summed E-state index contributed by atoms with van der Waals surface area (Å²) in [4.78, 5) is 0. The maximum absolute atomic E-state index is 6.09. The van der Waals surface area contributed by atoms with Gasteiger partial charge in [-0.2, -0.15) is 0 Å². The van der Waals surface area contributed by atoms with Gasteiger partial charge in [0.15, 0.2) is 0 Å². The van der Waals surface area contributed by atoms with Crippen LogP contribution in [-0.2, 0) is 0 Å². The number of halogens is 2. The summed E-state index contributed by atoms with van der Waals surface area (Å²) in [6.07, 6.45) is 0. The number of fused-ring (bicyclic) bond motifs is 1. The van der Waals surface area contributed by atoms with Gasteiger partial charge in [-0.1, -0.05) is 83.9 Å². The van der Waals surface area contributed by atoms with Gasteiger partial charge in [-0.15, -0.1) is 10.2 Å². The van der Waals surface area contributed by atoms with Crippen LogP contribution in [0.1, 0.15) is 0 Å². The van der Waals surface area contributed by atoms with Gasteiger partial charge in [0.1, 0.15) is 5.69 Å². The minimum atomic E-state index is 0.691. The molecule has 0 aliphatic rings. The molecule has 0 radical (unpaired) electrons. The average molecular weight is 427 g/mol. The van der Waals surface area contributed by atoms with Crippen molar-refractivity contribution >= 4 is 34.0 Å². The molecule has 0 spiro atoms. The smallest absolute Gasteiger partial charge is 0.101 e. The fourth-order valence-electron chi connectivity index (χ4n) is 3.55. The Labute approximate surface area is 184 Å². The molecule has 1 heterocycles. The molecule has 2 nitrogen and oxygen atoms in total. The van der Waals surface area contributed by atoms with E-state index in [-0.39, 0.29) is 0 Å². The van der Waals surface area contributed by atoms with Crippen LogP contribution in [0.15, 0.2) is 97.1 Å². The number of hydrogen-bond acceptors (Lipinski definition) is 2. The van der Waals surface area contributed by atoms with Crippen molar-refractivity contribution < 1.29 is 0 Å². The average Bonchev–Trinajstić information content (AvgIpc) is 2.79. The van der Waals surface area contributed by atoms with Crippen molar-refractivity contribution in [1.82, 2.24) is 10.2 Å². The first kappa shape index (κ1) is 18.8. The second kappa shape index (κ2) is 7.91. The van der Waals surface area contributed by atoms with Gasteiger partial charge in [0.2, 0.25) is 0 Å². The molecule has 5 aromatic rings. The van der Waals surface area contributed by atoms with Crippen molar-refractivity contribution in [3.63, 3.8) is 0 Å². The molecule has 0 saturated carbocycles. The molecule has 5 rings (SSSR count). The van der Waals surface area contributed by atoms with Crippen molar-refractivity contribution in [3.05, 3.63) is 107 Å². The van der Waals surface area contributed by atoms with Gasteiger partial charge < -0.3 is 0 Å². The molecule has 0 fully saturated rings. The van der Waals surface area contributed by atoms with Gasteiger partial charge in [-0.05, 0) is 52.7 Å². The van der Waals surface area contributed by atoms with E-state index >= 15 is 0 Å². The van der Waals surface area contributed by atoms with Gasteiger partial charge >= 0.3 is 0 Å². The lowest BCUT2D eigenvalue weighted by Crippen LogP contribution is -1.96. The van der Waals surface area contributed by atoms with Crippen molar-refractivity contribution in [2.24, 2.45) is 0 Å². The number of nitrogens with zero attached hydrogens (tertiary/aromatic N) is 2. The lowest BCUT2D eigenvalue weighted by Gasteiger charge is -2.12. The minimum absolute atomic E-state index is 0.691. The summed E-state index contributed by atoms with van der Waals surface area (Å²) < 4.78 is 0. The second-order valence-corrected chi connectivity index (χ2v) is 7.94. The molecule has 0 amide bonds.